The lowest BCUT2D eigenvalue weighted by Gasteiger charge is -2.42. The van der Waals surface area contributed by atoms with E-state index in [2.05, 4.69) is 25.2 Å². The number of carbonyl (C=O) groups is 1. The van der Waals surface area contributed by atoms with Crippen molar-refractivity contribution in [2.24, 2.45) is 0 Å². The second-order valence-corrected chi connectivity index (χ2v) is 9.14. The van der Waals surface area contributed by atoms with Gasteiger partial charge < -0.3 is 19.9 Å². The number of rotatable bonds is 8. The lowest BCUT2D eigenvalue weighted by Crippen LogP contribution is -2.53. The first-order valence-corrected chi connectivity index (χ1v) is 11.8. The molecule has 37 heavy (non-hydrogen) atoms. The van der Waals surface area contributed by atoms with Crippen molar-refractivity contribution in [2.75, 3.05) is 36.5 Å². The van der Waals surface area contributed by atoms with Crippen LogP contribution in [0.1, 0.15) is 12.8 Å². The second-order valence-electron chi connectivity index (χ2n) is 8.77. The quantitative estimate of drug-likeness (QED) is 0.252. The predicted molar refractivity (Wildman–Crippen MR) is 130 cm³/mol. The predicted octanol–water partition coefficient (Wildman–Crippen LogP) is 4.71. The van der Waals surface area contributed by atoms with Gasteiger partial charge in [-0.2, -0.15) is 0 Å². The Kier molecular flexibility index (Phi) is 6.76. The second kappa shape index (κ2) is 10.0. The van der Waals surface area contributed by atoms with Crippen LogP contribution in [0, 0.1) is 11.6 Å². The molecule has 13 heteroatoms. The zero-order valence-corrected chi connectivity index (χ0v) is 20.1. The Morgan fingerprint density at radius 3 is 2.76 bits per heavy atom. The maximum absolute atomic E-state index is 15.1. The Hall–Kier alpha value is -3.67. The smallest absolute Gasteiger partial charge is 0.272 e. The Bertz CT molecular complexity index is 1370. The number of anilines is 3. The zero-order chi connectivity index (χ0) is 26.2. The van der Waals surface area contributed by atoms with Gasteiger partial charge in [-0.05, 0) is 31.1 Å². The topological polar surface area (TPSA) is 83.5 Å². The Labute approximate surface area is 213 Å². The molecule has 1 aliphatic carbocycles. The number of aromatic nitrogens is 3. The highest BCUT2D eigenvalue weighted by atomic mass is 35.5. The summed E-state index contributed by atoms with van der Waals surface area (Å²) in [6.07, 6.45) is 4.20. The Balaban J connectivity index is 1.44. The molecule has 1 aromatic carbocycles. The van der Waals surface area contributed by atoms with E-state index >= 15 is 4.39 Å². The molecule has 2 aliphatic rings. The van der Waals surface area contributed by atoms with Crippen LogP contribution in [-0.4, -0.2) is 64.3 Å². The minimum atomic E-state index is -2.74. The molecule has 1 N–H and O–H groups in total. The summed E-state index contributed by atoms with van der Waals surface area (Å²) in [6, 6.07) is 3.77. The molecule has 1 aliphatic heterocycles. The molecule has 194 valence electrons. The van der Waals surface area contributed by atoms with Crippen molar-refractivity contribution in [3.05, 3.63) is 53.5 Å². The van der Waals surface area contributed by atoms with Crippen molar-refractivity contribution < 1.29 is 27.1 Å². The van der Waals surface area contributed by atoms with Crippen LogP contribution in [0.15, 0.2) is 36.8 Å². The van der Waals surface area contributed by atoms with E-state index in [1.807, 2.05) is 4.90 Å². The number of nitrogens with zero attached hydrogens (tertiary/aromatic N) is 5. The van der Waals surface area contributed by atoms with E-state index in [1.165, 1.54) is 30.6 Å². The van der Waals surface area contributed by atoms with E-state index < -0.39 is 29.7 Å². The number of allylic oxidation sites excluding steroid dienone is 1. The third kappa shape index (κ3) is 4.97. The number of hydrogen-bond acceptors (Lipinski definition) is 8. The largest absolute Gasteiger partial charge is 0.486 e. The fourth-order valence-electron chi connectivity index (χ4n) is 4.42. The van der Waals surface area contributed by atoms with Gasteiger partial charge in [-0.1, -0.05) is 11.6 Å². The summed E-state index contributed by atoms with van der Waals surface area (Å²) in [5.74, 6) is -1.49. The number of piperazine rings is 1. The molecule has 3 heterocycles. The molecule has 2 aromatic heterocycles. The van der Waals surface area contributed by atoms with Crippen molar-refractivity contribution in [1.82, 2.24) is 19.9 Å². The summed E-state index contributed by atoms with van der Waals surface area (Å²) in [6.45, 7) is 0.654. The van der Waals surface area contributed by atoms with Crippen LogP contribution in [0.2, 0.25) is 5.02 Å². The number of hydrogen-bond donors (Lipinski definition) is 1. The molecule has 1 saturated carbocycles. The van der Waals surface area contributed by atoms with Gasteiger partial charge in [0.15, 0.2) is 23.3 Å². The number of carbonyl (C=O) groups excluding carboxylic acids is 1. The Morgan fingerprint density at radius 1 is 1.22 bits per heavy atom. The van der Waals surface area contributed by atoms with E-state index in [9.17, 15) is 18.0 Å². The van der Waals surface area contributed by atoms with Crippen molar-refractivity contribution in [3.63, 3.8) is 0 Å². The molecule has 0 amide bonds. The molecule has 0 bridgehead atoms. The minimum Gasteiger partial charge on any atom is -0.486 e. The van der Waals surface area contributed by atoms with Crippen molar-refractivity contribution in [3.8, 4) is 5.75 Å². The summed E-state index contributed by atoms with van der Waals surface area (Å²) in [7, 11) is 0. The van der Waals surface area contributed by atoms with Crippen LogP contribution >= 0.6 is 11.6 Å². The van der Waals surface area contributed by atoms with Crippen LogP contribution < -0.4 is 15.0 Å². The fraction of sp³-hybridized carbons (Fsp3) is 0.333. The summed E-state index contributed by atoms with van der Waals surface area (Å²) in [5.41, 5.74) is 0.134. The number of fused-ring (bicyclic) bond motifs is 1. The molecule has 3 aromatic rings. The van der Waals surface area contributed by atoms with Gasteiger partial charge in [0.1, 0.15) is 35.5 Å². The molecule has 1 spiro atoms. The van der Waals surface area contributed by atoms with Crippen LogP contribution in [-0.2, 0) is 4.79 Å². The molecule has 0 radical (unpaired) electrons. The number of alkyl halides is 2. The van der Waals surface area contributed by atoms with Crippen molar-refractivity contribution in [2.45, 2.75) is 24.8 Å². The van der Waals surface area contributed by atoms with Crippen LogP contribution in [0.4, 0.5) is 34.9 Å². The average molecular weight is 537 g/mol. The van der Waals surface area contributed by atoms with Gasteiger partial charge in [0, 0.05) is 31.9 Å². The summed E-state index contributed by atoms with van der Waals surface area (Å²) in [5, 5.41) is 2.32. The third-order valence-corrected chi connectivity index (χ3v) is 6.74. The number of aldehydes is 1. The molecule has 0 atom stereocenters. The van der Waals surface area contributed by atoms with Crippen LogP contribution in [0.25, 0.3) is 11.0 Å². The van der Waals surface area contributed by atoms with Crippen molar-refractivity contribution >= 4 is 46.2 Å². The fourth-order valence-corrected chi connectivity index (χ4v) is 4.64. The number of nitrogens with one attached hydrogen (secondary N) is 1. The summed E-state index contributed by atoms with van der Waals surface area (Å²) >= 11 is 5.97. The number of halogens is 5. The Morgan fingerprint density at radius 2 is 2.03 bits per heavy atom. The first kappa shape index (κ1) is 25.0. The monoisotopic (exact) mass is 536 g/mol. The minimum absolute atomic E-state index is 0.102. The van der Waals surface area contributed by atoms with Gasteiger partial charge in [0.05, 0.1) is 16.7 Å². The molecule has 5 rings (SSSR count). The molecule has 8 nitrogen and oxygen atoms in total. The molecular formula is C24H21ClF4N6O2. The highest BCUT2D eigenvalue weighted by Gasteiger charge is 2.50. The maximum Gasteiger partial charge on any atom is 0.272 e. The van der Waals surface area contributed by atoms with E-state index in [1.54, 1.807) is 6.20 Å². The normalized spacial score (nSPS) is 16.7. The highest BCUT2D eigenvalue weighted by Crippen LogP contribution is 2.45. The lowest BCUT2D eigenvalue weighted by atomic mass is 10.1. The van der Waals surface area contributed by atoms with Gasteiger partial charge in [0.25, 0.3) is 6.43 Å². The van der Waals surface area contributed by atoms with Crippen molar-refractivity contribution in [1.29, 1.82) is 0 Å². The summed E-state index contributed by atoms with van der Waals surface area (Å²) < 4.78 is 59.7. The number of ether oxygens (including phenoxy) is 1. The first-order valence-electron chi connectivity index (χ1n) is 11.4. The maximum atomic E-state index is 15.1. The van der Waals surface area contributed by atoms with Gasteiger partial charge in [-0.3, -0.25) is 4.79 Å². The standard InChI is InChI=1S/C24H21ClF4N6O2/c25-19-17(37-11-18(27)28)3-2-15(20(19)29)32-22-21-16(30-13-31-22)10-14(26)23(33-21)34-7-8-35(6-1-9-36)24(12-34)4-5-24/h1-3,6,9-10,13,18H,4-5,7-8,11-12H2,(H,30,31,32)/b6-1+. The van der Waals surface area contributed by atoms with Gasteiger partial charge >= 0.3 is 0 Å². The SMILES string of the molecule is O=C/C=C/N1CCN(c2nc3c(Nc4ccc(OCC(F)F)c(Cl)c4F)ncnc3cc2F)CC12CC2. The van der Waals surface area contributed by atoms with E-state index in [-0.39, 0.29) is 39.6 Å². The van der Waals surface area contributed by atoms with Gasteiger partial charge in [-0.25, -0.2) is 32.5 Å². The van der Waals surface area contributed by atoms with Gasteiger partial charge in [-0.15, -0.1) is 0 Å². The zero-order valence-electron chi connectivity index (χ0n) is 19.3. The lowest BCUT2D eigenvalue weighted by molar-refractivity contribution is -0.104. The molecular weight excluding hydrogens is 516 g/mol. The molecule has 0 unspecified atom stereocenters. The first-order chi connectivity index (χ1) is 17.8. The average Bonchev–Trinajstić information content (AvgIpc) is 3.64. The van der Waals surface area contributed by atoms with E-state index in [4.69, 9.17) is 16.3 Å². The van der Waals surface area contributed by atoms with Crippen LogP contribution in [0.3, 0.4) is 0 Å². The third-order valence-electron chi connectivity index (χ3n) is 6.39. The van der Waals surface area contributed by atoms with Crippen LogP contribution in [0.5, 0.6) is 5.75 Å². The number of pyridine rings is 1. The highest BCUT2D eigenvalue weighted by molar-refractivity contribution is 6.32. The number of benzene rings is 1. The van der Waals surface area contributed by atoms with Gasteiger partial charge in [0.2, 0.25) is 0 Å². The van der Waals surface area contributed by atoms with E-state index in [0.717, 1.165) is 19.1 Å². The van der Waals surface area contributed by atoms with E-state index in [0.29, 0.717) is 19.6 Å². The molecule has 1 saturated heterocycles. The summed E-state index contributed by atoms with van der Waals surface area (Å²) in [4.78, 5) is 27.4. The molecule has 2 fully saturated rings.